The molecule has 4 nitrogen and oxygen atoms in total. The van der Waals surface area contributed by atoms with Crippen molar-refractivity contribution in [1.82, 2.24) is 14.9 Å². The van der Waals surface area contributed by atoms with Crippen LogP contribution in [0.4, 0.5) is 0 Å². The second kappa shape index (κ2) is 8.81. The summed E-state index contributed by atoms with van der Waals surface area (Å²) >= 11 is 0. The van der Waals surface area contributed by atoms with E-state index in [1.165, 1.54) is 18.6 Å². The molecule has 24 heavy (non-hydrogen) atoms. The van der Waals surface area contributed by atoms with Crippen LogP contribution in [0.1, 0.15) is 37.9 Å². The maximum absolute atomic E-state index is 11.9. The Morgan fingerprint density at radius 2 is 2.25 bits per heavy atom. The lowest BCUT2D eigenvalue weighted by Gasteiger charge is -2.08. The molecule has 0 radical (unpaired) electrons. The highest BCUT2D eigenvalue weighted by Crippen LogP contribution is 2.39. The van der Waals surface area contributed by atoms with Gasteiger partial charge in [0.05, 0.1) is 11.0 Å². The molecule has 1 saturated heterocycles. The zero-order valence-electron chi connectivity index (χ0n) is 14.2. The summed E-state index contributed by atoms with van der Waals surface area (Å²) in [5, 5.41) is 3.84. The van der Waals surface area contributed by atoms with E-state index in [0.717, 1.165) is 41.4 Å². The number of nitrogens with zero attached hydrogens (tertiary/aromatic N) is 2. The zero-order valence-corrected chi connectivity index (χ0v) is 15.8. The number of aromatic nitrogens is 2. The number of hydrogen-bond donors (Lipinski definition) is 1. The number of hydrogen-bond acceptors (Lipinski definition) is 4. The van der Waals surface area contributed by atoms with Gasteiger partial charge in [-0.2, -0.15) is 0 Å². The van der Waals surface area contributed by atoms with Crippen molar-refractivity contribution in [2.24, 2.45) is 7.05 Å². The number of unbranched alkanes of at least 4 members (excludes halogenated alkanes) is 1. The number of aryl methyl sites for hydroxylation is 1. The van der Waals surface area contributed by atoms with Crippen LogP contribution in [-0.4, -0.2) is 33.0 Å². The Morgan fingerprint density at radius 1 is 1.38 bits per heavy atom. The van der Waals surface area contributed by atoms with E-state index >= 15 is 0 Å². The summed E-state index contributed by atoms with van der Waals surface area (Å²) in [5.41, 5.74) is 2.16. The summed E-state index contributed by atoms with van der Waals surface area (Å²) in [6.45, 7) is 0.658. The summed E-state index contributed by atoms with van der Waals surface area (Å²) in [7, 11) is 6.04. The average Bonchev–Trinajstić information content (AvgIpc) is 3.21. The van der Waals surface area contributed by atoms with E-state index in [9.17, 15) is 4.79 Å². The first-order valence-corrected chi connectivity index (χ1v) is 11.1. The Hall–Kier alpha value is -1.14. The van der Waals surface area contributed by atoms with Gasteiger partial charge in [-0.25, -0.2) is 4.98 Å². The molecule has 0 saturated carbocycles. The van der Waals surface area contributed by atoms with E-state index in [4.69, 9.17) is 0 Å². The molecule has 1 aromatic heterocycles. The van der Waals surface area contributed by atoms with Crippen molar-refractivity contribution in [3.8, 4) is 0 Å². The Kier molecular flexibility index (Phi) is 6.49. The summed E-state index contributed by atoms with van der Waals surface area (Å²) < 4.78 is 2.11. The molecule has 1 N–H and O–H groups in total. The molecule has 1 aliphatic heterocycles. The highest BCUT2D eigenvalue weighted by atomic mass is 33.1. The fraction of sp³-hybridized carbons (Fsp3) is 0.556. The Labute approximate surface area is 151 Å². The molecule has 1 amide bonds. The van der Waals surface area contributed by atoms with E-state index < -0.39 is 0 Å². The molecule has 0 bridgehead atoms. The maximum atomic E-state index is 11.9. The highest BCUT2D eigenvalue weighted by Gasteiger charge is 2.15. The largest absolute Gasteiger partial charge is 0.356 e. The van der Waals surface area contributed by atoms with Crippen molar-refractivity contribution in [2.45, 2.75) is 43.8 Å². The summed E-state index contributed by atoms with van der Waals surface area (Å²) in [5.74, 6) is 2.48. The summed E-state index contributed by atoms with van der Waals surface area (Å²) in [6, 6.07) is 8.13. The first-order valence-electron chi connectivity index (χ1n) is 8.69. The van der Waals surface area contributed by atoms with Crippen molar-refractivity contribution >= 4 is 38.5 Å². The van der Waals surface area contributed by atoms with Crippen molar-refractivity contribution in [3.05, 3.63) is 30.1 Å². The standard InChI is InChI=1S/C18H25N3OS2/c1-21-16-8-4-3-7-15(16)20-17(21)10-12-19-18(22)9-5-2-6-14-11-13-23-24-14/h3-4,7-8,14H,2,5-6,9-13H2,1H3,(H,19,22). The Balaban J connectivity index is 1.34. The van der Waals surface area contributed by atoms with Gasteiger partial charge in [-0.1, -0.05) is 40.1 Å². The number of benzene rings is 1. The van der Waals surface area contributed by atoms with Gasteiger partial charge in [0.1, 0.15) is 5.82 Å². The minimum absolute atomic E-state index is 0.169. The van der Waals surface area contributed by atoms with Crippen LogP contribution < -0.4 is 5.32 Å². The number of rotatable bonds is 8. The van der Waals surface area contributed by atoms with Crippen LogP contribution in [0.25, 0.3) is 11.0 Å². The first kappa shape index (κ1) is 17.7. The number of carbonyl (C=O) groups is 1. The quantitative estimate of drug-likeness (QED) is 0.570. The van der Waals surface area contributed by atoms with Gasteiger partial charge >= 0.3 is 0 Å². The minimum atomic E-state index is 0.169. The Morgan fingerprint density at radius 3 is 3.04 bits per heavy atom. The van der Waals surface area contributed by atoms with Crippen LogP contribution in [0.2, 0.25) is 0 Å². The van der Waals surface area contributed by atoms with Crippen LogP contribution >= 0.6 is 21.6 Å². The maximum Gasteiger partial charge on any atom is 0.220 e. The molecule has 130 valence electrons. The molecule has 2 aromatic rings. The van der Waals surface area contributed by atoms with E-state index in [2.05, 4.69) is 20.9 Å². The lowest BCUT2D eigenvalue weighted by atomic mass is 10.1. The summed E-state index contributed by atoms with van der Waals surface area (Å²) in [4.78, 5) is 16.6. The summed E-state index contributed by atoms with van der Waals surface area (Å²) in [6.07, 6.45) is 6.17. The number of para-hydroxylation sites is 2. The lowest BCUT2D eigenvalue weighted by molar-refractivity contribution is -0.121. The molecule has 1 atom stereocenters. The van der Waals surface area contributed by atoms with Crippen LogP contribution in [-0.2, 0) is 18.3 Å². The van der Waals surface area contributed by atoms with Gasteiger partial charge < -0.3 is 9.88 Å². The van der Waals surface area contributed by atoms with E-state index in [0.29, 0.717) is 13.0 Å². The molecular weight excluding hydrogens is 338 g/mol. The molecule has 6 heteroatoms. The van der Waals surface area contributed by atoms with Crippen molar-refractivity contribution < 1.29 is 4.79 Å². The zero-order chi connectivity index (χ0) is 16.8. The molecular formula is C18H25N3OS2. The molecule has 0 aliphatic carbocycles. The van der Waals surface area contributed by atoms with Crippen LogP contribution in [0, 0.1) is 0 Å². The van der Waals surface area contributed by atoms with Gasteiger partial charge in [0, 0.05) is 37.4 Å². The number of fused-ring (bicyclic) bond motifs is 1. The third-order valence-corrected chi connectivity index (χ3v) is 7.46. The minimum Gasteiger partial charge on any atom is -0.356 e. The van der Waals surface area contributed by atoms with Gasteiger partial charge in [0.15, 0.2) is 0 Å². The van der Waals surface area contributed by atoms with Crippen LogP contribution in [0.15, 0.2) is 24.3 Å². The number of amides is 1. The van der Waals surface area contributed by atoms with E-state index in [1.807, 2.05) is 46.8 Å². The van der Waals surface area contributed by atoms with Crippen molar-refractivity contribution in [3.63, 3.8) is 0 Å². The van der Waals surface area contributed by atoms with E-state index in [1.54, 1.807) is 0 Å². The topological polar surface area (TPSA) is 46.9 Å². The second-order valence-corrected chi connectivity index (χ2v) is 9.04. The normalized spacial score (nSPS) is 17.5. The van der Waals surface area contributed by atoms with E-state index in [-0.39, 0.29) is 5.91 Å². The number of nitrogens with one attached hydrogen (secondary N) is 1. The smallest absolute Gasteiger partial charge is 0.220 e. The first-order chi connectivity index (χ1) is 11.7. The van der Waals surface area contributed by atoms with Crippen molar-refractivity contribution in [2.75, 3.05) is 12.3 Å². The third-order valence-electron chi connectivity index (χ3n) is 4.46. The van der Waals surface area contributed by atoms with Crippen LogP contribution in [0.3, 0.4) is 0 Å². The molecule has 0 spiro atoms. The molecule has 2 heterocycles. The van der Waals surface area contributed by atoms with Gasteiger partial charge in [-0.05, 0) is 31.4 Å². The SMILES string of the molecule is Cn1c(CCNC(=O)CCCCC2CCSS2)nc2ccccc21. The fourth-order valence-corrected chi connectivity index (χ4v) is 6.07. The van der Waals surface area contributed by atoms with Gasteiger partial charge in [-0.15, -0.1) is 0 Å². The predicted molar refractivity (Wildman–Crippen MR) is 104 cm³/mol. The molecule has 1 aliphatic rings. The monoisotopic (exact) mass is 363 g/mol. The van der Waals surface area contributed by atoms with Gasteiger partial charge in [-0.3, -0.25) is 4.79 Å². The number of imidazole rings is 1. The predicted octanol–water partition coefficient (Wildman–Crippen LogP) is 3.95. The average molecular weight is 364 g/mol. The lowest BCUT2D eigenvalue weighted by Crippen LogP contribution is -2.26. The van der Waals surface area contributed by atoms with Gasteiger partial charge in [0.25, 0.3) is 0 Å². The molecule has 1 aromatic carbocycles. The Bertz CT molecular complexity index is 680. The molecule has 1 unspecified atom stereocenters. The highest BCUT2D eigenvalue weighted by molar-refractivity contribution is 8.77. The fourth-order valence-electron chi connectivity index (χ4n) is 3.04. The second-order valence-electron chi connectivity index (χ2n) is 6.25. The van der Waals surface area contributed by atoms with Crippen molar-refractivity contribution in [1.29, 1.82) is 0 Å². The van der Waals surface area contributed by atoms with Crippen LogP contribution in [0.5, 0.6) is 0 Å². The molecule has 3 rings (SSSR count). The third kappa shape index (κ3) is 4.70. The van der Waals surface area contributed by atoms with Gasteiger partial charge in [0.2, 0.25) is 5.91 Å². The molecule has 1 fully saturated rings. The number of carbonyl (C=O) groups excluding carboxylic acids is 1.